The van der Waals surface area contributed by atoms with Crippen LogP contribution in [0.4, 0.5) is 0 Å². The Bertz CT molecular complexity index is 1050. The number of sulfonamides is 1. The predicted molar refractivity (Wildman–Crippen MR) is 110 cm³/mol. The lowest BCUT2D eigenvalue weighted by Gasteiger charge is -2.18. The summed E-state index contributed by atoms with van der Waals surface area (Å²) in [6.07, 6.45) is 1.61. The van der Waals surface area contributed by atoms with Crippen molar-refractivity contribution in [2.45, 2.75) is 24.3 Å². The van der Waals surface area contributed by atoms with Gasteiger partial charge in [0.15, 0.2) is 0 Å². The molecule has 1 aliphatic heterocycles. The molecule has 2 aromatic rings. The molecule has 0 saturated carbocycles. The van der Waals surface area contributed by atoms with Crippen molar-refractivity contribution in [2.75, 3.05) is 27.3 Å². The third kappa shape index (κ3) is 4.47. The van der Waals surface area contributed by atoms with E-state index in [1.54, 1.807) is 24.3 Å². The first-order valence-corrected chi connectivity index (χ1v) is 10.9. The Morgan fingerprint density at radius 3 is 2.43 bits per heavy atom. The normalized spacial score (nSPS) is 14.3. The summed E-state index contributed by atoms with van der Waals surface area (Å²) < 4.78 is 37.3. The molecule has 160 valence electrons. The van der Waals surface area contributed by atoms with Crippen LogP contribution in [-0.2, 0) is 21.3 Å². The van der Waals surface area contributed by atoms with E-state index in [9.17, 15) is 18.0 Å². The zero-order valence-corrected chi connectivity index (χ0v) is 17.7. The first kappa shape index (κ1) is 21.8. The van der Waals surface area contributed by atoms with E-state index in [-0.39, 0.29) is 22.8 Å². The van der Waals surface area contributed by atoms with E-state index in [0.29, 0.717) is 24.2 Å². The van der Waals surface area contributed by atoms with Crippen LogP contribution in [0.15, 0.2) is 47.4 Å². The van der Waals surface area contributed by atoms with Crippen LogP contribution in [0.2, 0.25) is 0 Å². The van der Waals surface area contributed by atoms with Gasteiger partial charge in [0.1, 0.15) is 10.6 Å². The summed E-state index contributed by atoms with van der Waals surface area (Å²) in [5, 5.41) is 2.72. The highest BCUT2D eigenvalue weighted by Crippen LogP contribution is 2.29. The Labute approximate surface area is 175 Å². The number of hydrogen-bond donors (Lipinski definition) is 1. The number of esters is 1. The number of nitrogens with one attached hydrogen (secondary N) is 1. The van der Waals surface area contributed by atoms with Gasteiger partial charge in [-0.2, -0.15) is 4.31 Å². The van der Waals surface area contributed by atoms with E-state index < -0.39 is 21.9 Å². The van der Waals surface area contributed by atoms with Gasteiger partial charge in [-0.05, 0) is 42.7 Å². The van der Waals surface area contributed by atoms with Crippen molar-refractivity contribution in [1.29, 1.82) is 0 Å². The van der Waals surface area contributed by atoms with E-state index in [2.05, 4.69) is 5.32 Å². The molecule has 1 N–H and O–H groups in total. The molecule has 0 radical (unpaired) electrons. The molecule has 0 aliphatic carbocycles. The van der Waals surface area contributed by atoms with E-state index in [1.165, 1.54) is 36.7 Å². The highest BCUT2D eigenvalue weighted by molar-refractivity contribution is 7.89. The Morgan fingerprint density at radius 2 is 1.77 bits per heavy atom. The summed E-state index contributed by atoms with van der Waals surface area (Å²) in [5.41, 5.74) is 1.13. The fourth-order valence-electron chi connectivity index (χ4n) is 3.35. The summed E-state index contributed by atoms with van der Waals surface area (Å²) in [6, 6.07) is 11.1. The maximum absolute atomic E-state index is 13.0. The van der Waals surface area contributed by atoms with Gasteiger partial charge in [-0.1, -0.05) is 18.2 Å². The summed E-state index contributed by atoms with van der Waals surface area (Å²) in [6.45, 7) is 0.989. The largest absolute Gasteiger partial charge is 0.495 e. The Hall–Kier alpha value is -2.91. The van der Waals surface area contributed by atoms with Gasteiger partial charge in [-0.3, -0.25) is 4.79 Å². The standard InChI is InChI=1S/C21H24N2O6S/c1-28-18-10-9-15(13-19(18)30(26,27)23-11-5-6-12-23)20(24)22-14-16-7-3-4-8-17(16)21(25)29-2/h3-4,7-10,13H,5-6,11-12,14H2,1-2H3,(H,22,24). The van der Waals surface area contributed by atoms with Gasteiger partial charge in [0.25, 0.3) is 5.91 Å². The van der Waals surface area contributed by atoms with Gasteiger partial charge in [-0.25, -0.2) is 13.2 Å². The van der Waals surface area contributed by atoms with Crippen molar-refractivity contribution in [2.24, 2.45) is 0 Å². The third-order valence-corrected chi connectivity index (χ3v) is 6.89. The molecule has 1 amide bonds. The average molecular weight is 432 g/mol. The fourth-order valence-corrected chi connectivity index (χ4v) is 5.05. The van der Waals surface area contributed by atoms with Crippen molar-refractivity contribution in [3.63, 3.8) is 0 Å². The molecule has 0 atom stereocenters. The monoisotopic (exact) mass is 432 g/mol. The summed E-state index contributed by atoms with van der Waals surface area (Å²) in [4.78, 5) is 24.5. The minimum atomic E-state index is -3.76. The van der Waals surface area contributed by atoms with E-state index in [4.69, 9.17) is 9.47 Å². The highest BCUT2D eigenvalue weighted by atomic mass is 32.2. The van der Waals surface area contributed by atoms with Crippen molar-refractivity contribution in [3.05, 3.63) is 59.2 Å². The number of nitrogens with zero attached hydrogens (tertiary/aromatic N) is 1. The quantitative estimate of drug-likeness (QED) is 0.673. The predicted octanol–water partition coefficient (Wildman–Crippen LogP) is 2.20. The van der Waals surface area contributed by atoms with Gasteiger partial charge in [0.2, 0.25) is 10.0 Å². The number of carbonyl (C=O) groups is 2. The molecule has 1 fully saturated rings. The minimum Gasteiger partial charge on any atom is -0.495 e. The number of methoxy groups -OCH3 is 2. The number of hydrogen-bond acceptors (Lipinski definition) is 6. The lowest BCUT2D eigenvalue weighted by Crippen LogP contribution is -2.29. The Balaban J connectivity index is 1.83. The number of benzene rings is 2. The Kier molecular flexibility index (Phi) is 6.73. The van der Waals surface area contributed by atoms with Crippen molar-refractivity contribution in [1.82, 2.24) is 9.62 Å². The summed E-state index contributed by atoms with van der Waals surface area (Å²) in [7, 11) is -1.08. The van der Waals surface area contributed by atoms with Gasteiger partial charge in [-0.15, -0.1) is 0 Å². The lowest BCUT2D eigenvalue weighted by molar-refractivity contribution is 0.0598. The van der Waals surface area contributed by atoms with Gasteiger partial charge in [0.05, 0.1) is 19.8 Å². The fraction of sp³-hybridized carbons (Fsp3) is 0.333. The van der Waals surface area contributed by atoms with Crippen LogP contribution >= 0.6 is 0 Å². The molecule has 0 spiro atoms. The molecule has 0 aromatic heterocycles. The second kappa shape index (κ2) is 9.27. The maximum atomic E-state index is 13.0. The van der Waals surface area contributed by atoms with Crippen LogP contribution in [0.5, 0.6) is 5.75 Å². The molecule has 30 heavy (non-hydrogen) atoms. The van der Waals surface area contributed by atoms with Crippen LogP contribution < -0.4 is 10.1 Å². The molecular weight excluding hydrogens is 408 g/mol. The minimum absolute atomic E-state index is 0.0329. The number of carbonyl (C=O) groups excluding carboxylic acids is 2. The number of rotatable bonds is 7. The number of amides is 1. The van der Waals surface area contributed by atoms with Crippen LogP contribution in [-0.4, -0.2) is 51.9 Å². The molecule has 2 aromatic carbocycles. The van der Waals surface area contributed by atoms with Crippen molar-refractivity contribution < 1.29 is 27.5 Å². The topological polar surface area (TPSA) is 102 Å². The van der Waals surface area contributed by atoms with E-state index >= 15 is 0 Å². The lowest BCUT2D eigenvalue weighted by atomic mass is 10.1. The Morgan fingerprint density at radius 1 is 1.07 bits per heavy atom. The van der Waals surface area contributed by atoms with E-state index in [1.807, 2.05) is 0 Å². The first-order chi connectivity index (χ1) is 14.4. The van der Waals surface area contributed by atoms with Crippen molar-refractivity contribution >= 4 is 21.9 Å². The molecule has 0 bridgehead atoms. The van der Waals surface area contributed by atoms with Gasteiger partial charge in [0, 0.05) is 25.2 Å². The SMILES string of the molecule is COC(=O)c1ccccc1CNC(=O)c1ccc(OC)c(S(=O)(=O)N2CCCC2)c1. The number of ether oxygens (including phenoxy) is 2. The van der Waals surface area contributed by atoms with Crippen LogP contribution in [0, 0.1) is 0 Å². The molecule has 1 aliphatic rings. The van der Waals surface area contributed by atoms with Crippen LogP contribution in [0.3, 0.4) is 0 Å². The summed E-state index contributed by atoms with van der Waals surface area (Å²) >= 11 is 0. The van der Waals surface area contributed by atoms with Crippen LogP contribution in [0.1, 0.15) is 39.1 Å². The molecular formula is C21H24N2O6S. The third-order valence-electron chi connectivity index (χ3n) is 4.97. The van der Waals surface area contributed by atoms with Crippen molar-refractivity contribution in [3.8, 4) is 5.75 Å². The highest BCUT2D eigenvalue weighted by Gasteiger charge is 2.30. The maximum Gasteiger partial charge on any atom is 0.338 e. The molecule has 8 nitrogen and oxygen atoms in total. The van der Waals surface area contributed by atoms with Gasteiger partial charge >= 0.3 is 5.97 Å². The molecule has 0 unspecified atom stereocenters. The van der Waals surface area contributed by atoms with E-state index in [0.717, 1.165) is 12.8 Å². The molecule has 9 heteroatoms. The van der Waals surface area contributed by atoms with Crippen LogP contribution in [0.25, 0.3) is 0 Å². The second-order valence-corrected chi connectivity index (χ2v) is 8.71. The molecule has 1 saturated heterocycles. The average Bonchev–Trinajstić information content (AvgIpc) is 3.32. The molecule has 3 rings (SSSR count). The smallest absolute Gasteiger partial charge is 0.338 e. The zero-order valence-electron chi connectivity index (χ0n) is 16.9. The van der Waals surface area contributed by atoms with Gasteiger partial charge < -0.3 is 14.8 Å². The zero-order chi connectivity index (χ0) is 21.7. The molecule has 1 heterocycles. The first-order valence-electron chi connectivity index (χ1n) is 9.51. The second-order valence-electron chi connectivity index (χ2n) is 6.81. The summed E-state index contributed by atoms with van der Waals surface area (Å²) in [5.74, 6) is -0.770.